The molecule has 0 fully saturated rings. The molecule has 6 heteroatoms. The lowest BCUT2D eigenvalue weighted by atomic mass is 9.79. The molecule has 0 aliphatic carbocycles. The van der Waals surface area contributed by atoms with Crippen LogP contribution in [0.1, 0.15) is 18.4 Å². The average Bonchev–Trinajstić information content (AvgIpc) is 2.43. The summed E-state index contributed by atoms with van der Waals surface area (Å²) in [5, 5.41) is 18.2. The number of aliphatic carboxylic acids is 2. The number of esters is 1. The van der Waals surface area contributed by atoms with Crippen molar-refractivity contribution in [2.75, 3.05) is 7.11 Å². The molecule has 1 aromatic carbocycles. The first kappa shape index (κ1) is 15.7. The highest BCUT2D eigenvalue weighted by atomic mass is 16.5. The second kappa shape index (κ2) is 6.70. The number of carbonyl (C=O) groups is 3. The molecule has 0 heterocycles. The number of ether oxygens (including phenoxy) is 1. The molecule has 0 aromatic heterocycles. The standard InChI is InChI=1S/C14H16O6/c1-20-13(19)14(12(17)18,9-11(15)16)8-7-10-5-3-2-4-6-10/h2-6H,7-9H2,1H3,(H,15,16)(H,17,18). The Morgan fingerprint density at radius 3 is 2.20 bits per heavy atom. The van der Waals surface area contributed by atoms with E-state index in [0.29, 0.717) is 0 Å². The number of benzene rings is 1. The van der Waals surface area contributed by atoms with E-state index in [4.69, 9.17) is 5.11 Å². The first-order valence-electron chi connectivity index (χ1n) is 6.00. The summed E-state index contributed by atoms with van der Waals surface area (Å²) in [7, 11) is 1.05. The van der Waals surface area contributed by atoms with Crippen LogP contribution in [0.15, 0.2) is 30.3 Å². The van der Waals surface area contributed by atoms with Gasteiger partial charge in [-0.3, -0.25) is 14.4 Å². The van der Waals surface area contributed by atoms with Crippen LogP contribution in [0.2, 0.25) is 0 Å². The first-order chi connectivity index (χ1) is 9.42. The largest absolute Gasteiger partial charge is 0.481 e. The van der Waals surface area contributed by atoms with E-state index in [-0.39, 0.29) is 12.8 Å². The molecule has 0 aliphatic rings. The maximum atomic E-state index is 11.8. The monoisotopic (exact) mass is 280 g/mol. The molecule has 0 aliphatic heterocycles. The van der Waals surface area contributed by atoms with Gasteiger partial charge in [0.25, 0.3) is 0 Å². The van der Waals surface area contributed by atoms with Crippen molar-refractivity contribution in [3.8, 4) is 0 Å². The highest BCUT2D eigenvalue weighted by Gasteiger charge is 2.48. The lowest BCUT2D eigenvalue weighted by Crippen LogP contribution is -2.42. The summed E-state index contributed by atoms with van der Waals surface area (Å²) in [6.45, 7) is 0. The summed E-state index contributed by atoms with van der Waals surface area (Å²) in [4.78, 5) is 34.1. The fourth-order valence-corrected chi connectivity index (χ4v) is 1.99. The van der Waals surface area contributed by atoms with Crippen LogP contribution in [0.25, 0.3) is 0 Å². The Labute approximate surface area is 116 Å². The van der Waals surface area contributed by atoms with Crippen molar-refractivity contribution in [2.45, 2.75) is 19.3 Å². The number of hydrogen-bond donors (Lipinski definition) is 2. The number of carboxylic acids is 2. The Balaban J connectivity index is 2.99. The third-order valence-electron chi connectivity index (χ3n) is 3.12. The zero-order chi connectivity index (χ0) is 15.2. The van der Waals surface area contributed by atoms with Crippen LogP contribution in [0, 0.1) is 5.41 Å². The van der Waals surface area contributed by atoms with E-state index in [9.17, 15) is 19.5 Å². The Morgan fingerprint density at radius 1 is 1.15 bits per heavy atom. The van der Waals surface area contributed by atoms with Crippen LogP contribution in [-0.2, 0) is 25.5 Å². The van der Waals surface area contributed by atoms with Gasteiger partial charge in [-0.25, -0.2) is 0 Å². The molecular formula is C14H16O6. The minimum absolute atomic E-state index is 0.134. The van der Waals surface area contributed by atoms with E-state index >= 15 is 0 Å². The number of hydrogen-bond acceptors (Lipinski definition) is 4. The molecule has 20 heavy (non-hydrogen) atoms. The smallest absolute Gasteiger partial charge is 0.323 e. The number of rotatable bonds is 7. The SMILES string of the molecule is COC(=O)C(CCc1ccccc1)(CC(=O)O)C(=O)O. The molecule has 0 bridgehead atoms. The van der Waals surface area contributed by atoms with Gasteiger partial charge in [0, 0.05) is 0 Å². The zero-order valence-electron chi connectivity index (χ0n) is 11.0. The molecule has 0 saturated heterocycles. The number of carboxylic acid groups (broad SMARTS) is 2. The molecule has 108 valence electrons. The van der Waals surface area contributed by atoms with Gasteiger partial charge >= 0.3 is 17.9 Å². The average molecular weight is 280 g/mol. The Bertz CT molecular complexity index is 496. The molecule has 1 rings (SSSR count). The summed E-state index contributed by atoms with van der Waals surface area (Å²) in [6.07, 6.45) is -0.664. The molecule has 0 spiro atoms. The summed E-state index contributed by atoms with van der Waals surface area (Å²) >= 11 is 0. The fraction of sp³-hybridized carbons (Fsp3) is 0.357. The number of carbonyl (C=O) groups excluding carboxylic acids is 1. The minimum Gasteiger partial charge on any atom is -0.481 e. The van der Waals surface area contributed by atoms with Crippen molar-refractivity contribution in [3.63, 3.8) is 0 Å². The van der Waals surface area contributed by atoms with Gasteiger partial charge in [-0.1, -0.05) is 30.3 Å². The Hall–Kier alpha value is -2.37. The summed E-state index contributed by atoms with van der Waals surface area (Å²) in [5.41, 5.74) is -1.23. The Morgan fingerprint density at radius 2 is 1.75 bits per heavy atom. The molecule has 0 saturated carbocycles. The van der Waals surface area contributed by atoms with Gasteiger partial charge in [0.2, 0.25) is 0 Å². The van der Waals surface area contributed by atoms with Crippen molar-refractivity contribution in [1.82, 2.24) is 0 Å². The molecule has 0 amide bonds. The molecule has 1 aromatic rings. The second-order valence-corrected chi connectivity index (χ2v) is 4.43. The van der Waals surface area contributed by atoms with Crippen molar-refractivity contribution in [3.05, 3.63) is 35.9 Å². The fourth-order valence-electron chi connectivity index (χ4n) is 1.99. The summed E-state index contributed by atoms with van der Waals surface area (Å²) in [5.74, 6) is -3.88. The summed E-state index contributed by atoms with van der Waals surface area (Å²) < 4.78 is 4.48. The van der Waals surface area contributed by atoms with E-state index in [1.165, 1.54) is 0 Å². The second-order valence-electron chi connectivity index (χ2n) is 4.43. The van der Waals surface area contributed by atoms with Gasteiger partial charge in [-0.05, 0) is 18.4 Å². The molecule has 6 nitrogen and oxygen atoms in total. The van der Waals surface area contributed by atoms with Gasteiger partial charge in [-0.2, -0.15) is 0 Å². The molecule has 1 unspecified atom stereocenters. The van der Waals surface area contributed by atoms with Crippen LogP contribution < -0.4 is 0 Å². The number of methoxy groups -OCH3 is 1. The van der Waals surface area contributed by atoms with Gasteiger partial charge in [-0.15, -0.1) is 0 Å². The highest BCUT2D eigenvalue weighted by Crippen LogP contribution is 2.31. The first-order valence-corrected chi connectivity index (χ1v) is 6.00. The predicted octanol–water partition coefficient (Wildman–Crippen LogP) is 1.34. The van der Waals surface area contributed by atoms with E-state index in [1.54, 1.807) is 24.3 Å². The zero-order valence-corrected chi connectivity index (χ0v) is 11.0. The molecular weight excluding hydrogens is 264 g/mol. The number of aryl methyl sites for hydroxylation is 1. The lowest BCUT2D eigenvalue weighted by Gasteiger charge is -2.24. The van der Waals surface area contributed by atoms with Crippen LogP contribution in [0.3, 0.4) is 0 Å². The molecule has 0 radical (unpaired) electrons. The molecule has 2 N–H and O–H groups in total. The molecule has 1 atom stereocenters. The van der Waals surface area contributed by atoms with Crippen molar-refractivity contribution >= 4 is 17.9 Å². The van der Waals surface area contributed by atoms with Gasteiger partial charge in [0.1, 0.15) is 0 Å². The van der Waals surface area contributed by atoms with E-state index in [1.807, 2.05) is 6.07 Å². The normalized spacial score (nSPS) is 13.2. The Kier molecular flexibility index (Phi) is 5.25. The van der Waals surface area contributed by atoms with Crippen molar-refractivity contribution < 1.29 is 29.3 Å². The predicted molar refractivity (Wildman–Crippen MR) is 69.1 cm³/mol. The van der Waals surface area contributed by atoms with Crippen molar-refractivity contribution in [1.29, 1.82) is 0 Å². The topological polar surface area (TPSA) is 101 Å². The maximum Gasteiger partial charge on any atom is 0.323 e. The van der Waals surface area contributed by atoms with Crippen LogP contribution in [0.5, 0.6) is 0 Å². The third-order valence-corrected chi connectivity index (χ3v) is 3.12. The van der Waals surface area contributed by atoms with Gasteiger partial charge in [0.05, 0.1) is 13.5 Å². The van der Waals surface area contributed by atoms with E-state index < -0.39 is 29.7 Å². The van der Waals surface area contributed by atoms with Crippen LogP contribution in [0.4, 0.5) is 0 Å². The quantitative estimate of drug-likeness (QED) is 0.577. The van der Waals surface area contributed by atoms with Gasteiger partial charge < -0.3 is 14.9 Å². The lowest BCUT2D eigenvalue weighted by molar-refractivity contribution is -0.172. The maximum absolute atomic E-state index is 11.8. The van der Waals surface area contributed by atoms with E-state index in [2.05, 4.69) is 4.74 Å². The van der Waals surface area contributed by atoms with Crippen LogP contribution in [-0.4, -0.2) is 35.2 Å². The highest BCUT2D eigenvalue weighted by molar-refractivity contribution is 6.02. The summed E-state index contributed by atoms with van der Waals surface area (Å²) in [6, 6.07) is 8.95. The van der Waals surface area contributed by atoms with Gasteiger partial charge in [0.15, 0.2) is 5.41 Å². The van der Waals surface area contributed by atoms with Crippen LogP contribution >= 0.6 is 0 Å². The minimum atomic E-state index is -2.06. The third kappa shape index (κ3) is 3.57. The van der Waals surface area contributed by atoms with E-state index in [0.717, 1.165) is 12.7 Å². The van der Waals surface area contributed by atoms with Crippen molar-refractivity contribution in [2.24, 2.45) is 5.41 Å².